The van der Waals surface area contributed by atoms with Crippen molar-refractivity contribution < 1.29 is 4.79 Å². The molecule has 2 heterocycles. The van der Waals surface area contributed by atoms with Crippen LogP contribution in [0.4, 0.5) is 0 Å². The smallest absolute Gasteiger partial charge is 0.264 e. The largest absolute Gasteiger partial charge is 0.338 e. The fourth-order valence-corrected chi connectivity index (χ4v) is 2.98. The first-order valence-electron chi connectivity index (χ1n) is 8.27. The zero-order valence-corrected chi connectivity index (χ0v) is 14.8. The molecule has 1 aromatic heterocycles. The number of carbonyl (C=O) groups excluding carboxylic acids is 1. The number of likely N-dealkylation sites (tertiary alicyclic amines) is 1. The lowest BCUT2D eigenvalue weighted by molar-refractivity contribution is 0.0677. The Hall–Kier alpha value is -1.69. The summed E-state index contributed by atoms with van der Waals surface area (Å²) in [5.74, 6) is 0.826. The van der Waals surface area contributed by atoms with Gasteiger partial charge in [0.05, 0.1) is 5.69 Å². The highest BCUT2D eigenvalue weighted by atomic mass is 16.2. The number of aromatic amines is 1. The molecule has 0 spiro atoms. The molecule has 1 atom stereocenters. The Morgan fingerprint density at radius 1 is 1.35 bits per heavy atom. The second kappa shape index (κ2) is 6.43. The van der Waals surface area contributed by atoms with Crippen LogP contribution < -0.4 is 11.3 Å². The molecule has 23 heavy (non-hydrogen) atoms. The van der Waals surface area contributed by atoms with Gasteiger partial charge in [0.15, 0.2) is 0 Å². The maximum Gasteiger partial charge on any atom is 0.264 e. The molecule has 1 saturated heterocycles. The van der Waals surface area contributed by atoms with Gasteiger partial charge >= 0.3 is 0 Å². The van der Waals surface area contributed by atoms with Gasteiger partial charge in [-0.05, 0) is 32.6 Å². The molecular weight excluding hydrogens is 292 g/mol. The van der Waals surface area contributed by atoms with Gasteiger partial charge in [-0.15, -0.1) is 0 Å². The van der Waals surface area contributed by atoms with Crippen LogP contribution in [0.2, 0.25) is 0 Å². The lowest BCUT2D eigenvalue weighted by Crippen LogP contribution is -2.44. The summed E-state index contributed by atoms with van der Waals surface area (Å²) < 4.78 is 0. The van der Waals surface area contributed by atoms with Crippen molar-refractivity contribution in [2.45, 2.75) is 58.9 Å². The van der Waals surface area contributed by atoms with Crippen molar-refractivity contribution in [3.8, 4) is 0 Å². The first kappa shape index (κ1) is 17.7. The molecule has 6 heteroatoms. The maximum absolute atomic E-state index is 12.7. The highest BCUT2D eigenvalue weighted by Gasteiger charge is 2.29. The molecule has 6 nitrogen and oxygen atoms in total. The number of hydrogen-bond acceptors (Lipinski definition) is 4. The second-order valence-electron chi connectivity index (χ2n) is 7.61. The van der Waals surface area contributed by atoms with Crippen LogP contribution in [-0.2, 0) is 5.41 Å². The molecule has 0 aliphatic carbocycles. The molecule has 1 amide bonds. The third-order valence-corrected chi connectivity index (χ3v) is 4.59. The summed E-state index contributed by atoms with van der Waals surface area (Å²) in [4.78, 5) is 34.1. The van der Waals surface area contributed by atoms with Crippen LogP contribution in [0.5, 0.6) is 0 Å². The predicted octanol–water partition coefficient (Wildman–Crippen LogP) is 1.58. The summed E-state index contributed by atoms with van der Waals surface area (Å²) in [6, 6.07) is 0.144. The molecule has 1 fully saturated rings. The number of carbonyl (C=O) groups is 1. The van der Waals surface area contributed by atoms with E-state index >= 15 is 0 Å². The van der Waals surface area contributed by atoms with E-state index in [0.29, 0.717) is 30.5 Å². The van der Waals surface area contributed by atoms with Crippen molar-refractivity contribution in [3.05, 3.63) is 27.4 Å². The molecule has 2 rings (SSSR count). The number of hydrogen-bond donors (Lipinski definition) is 2. The molecule has 0 saturated carbocycles. The number of H-pyrrole nitrogens is 1. The van der Waals surface area contributed by atoms with Gasteiger partial charge in [0, 0.05) is 24.5 Å². The summed E-state index contributed by atoms with van der Waals surface area (Å²) in [5.41, 5.74) is 5.99. The van der Waals surface area contributed by atoms with Gasteiger partial charge in [0.1, 0.15) is 11.4 Å². The van der Waals surface area contributed by atoms with Gasteiger partial charge in [-0.3, -0.25) is 9.59 Å². The normalized spacial score (nSPS) is 18.1. The summed E-state index contributed by atoms with van der Waals surface area (Å²) in [7, 11) is 0. The van der Waals surface area contributed by atoms with E-state index < -0.39 is 0 Å². The SMILES string of the molecule is Cc1nc(C(C)(C)C)[nH]c(=O)c1C(=O)N1CCC(C(C)N)CC1. The van der Waals surface area contributed by atoms with E-state index in [9.17, 15) is 9.59 Å². The molecule has 3 N–H and O–H groups in total. The molecular formula is C17H28N4O2. The van der Waals surface area contributed by atoms with E-state index in [-0.39, 0.29) is 28.5 Å². The van der Waals surface area contributed by atoms with Gasteiger partial charge in [0.25, 0.3) is 11.5 Å². The first-order chi connectivity index (χ1) is 10.6. The zero-order chi connectivity index (χ0) is 17.4. The van der Waals surface area contributed by atoms with Gasteiger partial charge in [-0.1, -0.05) is 20.8 Å². The third kappa shape index (κ3) is 3.80. The Bertz CT molecular complexity index is 635. The number of piperidine rings is 1. The summed E-state index contributed by atoms with van der Waals surface area (Å²) in [5, 5.41) is 0. The Morgan fingerprint density at radius 2 is 1.91 bits per heavy atom. The fourth-order valence-electron chi connectivity index (χ4n) is 2.98. The van der Waals surface area contributed by atoms with E-state index in [4.69, 9.17) is 5.73 Å². The van der Waals surface area contributed by atoms with Crippen molar-refractivity contribution >= 4 is 5.91 Å². The van der Waals surface area contributed by atoms with Gasteiger partial charge in [0.2, 0.25) is 0 Å². The van der Waals surface area contributed by atoms with E-state index in [1.165, 1.54) is 0 Å². The van der Waals surface area contributed by atoms with Gasteiger partial charge < -0.3 is 15.6 Å². The number of rotatable bonds is 2. The van der Waals surface area contributed by atoms with E-state index in [0.717, 1.165) is 12.8 Å². The number of nitrogens with two attached hydrogens (primary N) is 1. The van der Waals surface area contributed by atoms with E-state index in [1.54, 1.807) is 11.8 Å². The van der Waals surface area contributed by atoms with Crippen LogP contribution >= 0.6 is 0 Å². The second-order valence-corrected chi connectivity index (χ2v) is 7.61. The van der Waals surface area contributed by atoms with Crippen LogP contribution in [0, 0.1) is 12.8 Å². The van der Waals surface area contributed by atoms with Crippen LogP contribution in [0.15, 0.2) is 4.79 Å². The quantitative estimate of drug-likeness (QED) is 0.865. The van der Waals surface area contributed by atoms with Crippen LogP contribution in [-0.4, -0.2) is 39.9 Å². The lowest BCUT2D eigenvalue weighted by Gasteiger charge is -2.33. The average Bonchev–Trinajstić information content (AvgIpc) is 2.45. The molecule has 128 valence electrons. The van der Waals surface area contributed by atoms with Gasteiger partial charge in [-0.2, -0.15) is 0 Å². The lowest BCUT2D eigenvalue weighted by atomic mass is 9.90. The highest BCUT2D eigenvalue weighted by Crippen LogP contribution is 2.22. The van der Waals surface area contributed by atoms with Crippen molar-refractivity contribution in [2.75, 3.05) is 13.1 Å². The summed E-state index contributed by atoms with van der Waals surface area (Å²) in [6.07, 6.45) is 1.77. The summed E-state index contributed by atoms with van der Waals surface area (Å²) >= 11 is 0. The van der Waals surface area contributed by atoms with Gasteiger partial charge in [-0.25, -0.2) is 4.98 Å². The monoisotopic (exact) mass is 320 g/mol. The van der Waals surface area contributed by atoms with Crippen molar-refractivity contribution in [1.29, 1.82) is 0 Å². The minimum absolute atomic E-state index is 0.144. The van der Waals surface area contributed by atoms with Crippen molar-refractivity contribution in [1.82, 2.24) is 14.9 Å². The molecule has 0 bridgehead atoms. The minimum Gasteiger partial charge on any atom is -0.338 e. The van der Waals surface area contributed by atoms with Crippen LogP contribution in [0.1, 0.15) is 62.4 Å². The minimum atomic E-state index is -0.346. The molecule has 1 aliphatic rings. The van der Waals surface area contributed by atoms with E-state index in [1.807, 2.05) is 27.7 Å². The Kier molecular flexibility index (Phi) is 4.94. The zero-order valence-electron chi connectivity index (χ0n) is 14.8. The topological polar surface area (TPSA) is 92.1 Å². The van der Waals surface area contributed by atoms with Crippen molar-refractivity contribution in [3.63, 3.8) is 0 Å². The predicted molar refractivity (Wildman–Crippen MR) is 90.6 cm³/mol. The molecule has 1 aromatic rings. The average molecular weight is 320 g/mol. The third-order valence-electron chi connectivity index (χ3n) is 4.59. The first-order valence-corrected chi connectivity index (χ1v) is 8.27. The summed E-state index contributed by atoms with van der Waals surface area (Å²) in [6.45, 7) is 11.0. The number of aryl methyl sites for hydroxylation is 1. The molecule has 0 aromatic carbocycles. The maximum atomic E-state index is 12.7. The Morgan fingerprint density at radius 3 is 2.35 bits per heavy atom. The number of nitrogens with zero attached hydrogens (tertiary/aromatic N) is 2. The molecule has 0 radical (unpaired) electrons. The number of amides is 1. The van der Waals surface area contributed by atoms with Crippen LogP contribution in [0.3, 0.4) is 0 Å². The standard InChI is InChI=1S/C17H28N4O2/c1-10(18)12-6-8-21(9-7-12)15(23)13-11(2)19-16(17(3,4)5)20-14(13)22/h10,12H,6-9,18H2,1-5H3,(H,19,20,22). The number of aromatic nitrogens is 2. The number of nitrogens with one attached hydrogen (secondary N) is 1. The Balaban J connectivity index is 2.23. The highest BCUT2D eigenvalue weighted by molar-refractivity contribution is 5.94. The molecule has 1 aliphatic heterocycles. The Labute approximate surface area is 137 Å². The molecule has 1 unspecified atom stereocenters. The fraction of sp³-hybridized carbons (Fsp3) is 0.706. The van der Waals surface area contributed by atoms with E-state index in [2.05, 4.69) is 9.97 Å². The van der Waals surface area contributed by atoms with Crippen molar-refractivity contribution in [2.24, 2.45) is 11.7 Å². The van der Waals surface area contributed by atoms with Crippen LogP contribution in [0.25, 0.3) is 0 Å².